The standard InChI is InChI=1S/C24H25BrN2O4/c1-3-4-13-30-22-12-10-19(15-21(22)25)24(29)27-26-23(28)16(2)31-20-11-9-17-7-5-6-8-18(17)14-20/h5-12,14-16H,3-4,13H2,1-2H3,(H,26,28)(H,27,29). The van der Waals surface area contributed by atoms with Crippen LogP contribution in [-0.2, 0) is 4.79 Å². The highest BCUT2D eigenvalue weighted by Crippen LogP contribution is 2.26. The number of unbranched alkanes of at least 4 members (excludes halogenated alkanes) is 1. The first-order valence-corrected chi connectivity index (χ1v) is 10.9. The van der Waals surface area contributed by atoms with Crippen LogP contribution in [0.15, 0.2) is 65.1 Å². The fourth-order valence-corrected chi connectivity index (χ4v) is 3.37. The lowest BCUT2D eigenvalue weighted by atomic mass is 10.1. The molecule has 7 heteroatoms. The number of nitrogens with one attached hydrogen (secondary N) is 2. The molecule has 0 aliphatic heterocycles. The summed E-state index contributed by atoms with van der Waals surface area (Å²) in [7, 11) is 0. The number of carbonyl (C=O) groups excluding carboxylic acids is 2. The summed E-state index contributed by atoms with van der Waals surface area (Å²) in [6, 6.07) is 18.5. The average molecular weight is 485 g/mol. The number of carbonyl (C=O) groups is 2. The number of hydrogen-bond acceptors (Lipinski definition) is 4. The molecule has 0 aliphatic rings. The van der Waals surface area contributed by atoms with Gasteiger partial charge in [-0.15, -0.1) is 0 Å². The highest BCUT2D eigenvalue weighted by molar-refractivity contribution is 9.10. The Kier molecular flexibility index (Phi) is 7.89. The number of halogens is 1. The molecule has 0 heterocycles. The minimum Gasteiger partial charge on any atom is -0.492 e. The molecule has 162 valence electrons. The molecule has 1 unspecified atom stereocenters. The third-order valence-electron chi connectivity index (χ3n) is 4.65. The van der Waals surface area contributed by atoms with Gasteiger partial charge in [-0.1, -0.05) is 43.7 Å². The Morgan fingerprint density at radius 1 is 1.00 bits per heavy atom. The van der Waals surface area contributed by atoms with Crippen molar-refractivity contribution >= 4 is 38.5 Å². The van der Waals surface area contributed by atoms with Gasteiger partial charge in [-0.3, -0.25) is 20.4 Å². The summed E-state index contributed by atoms with van der Waals surface area (Å²) in [5.41, 5.74) is 5.21. The molecule has 0 spiro atoms. The van der Waals surface area contributed by atoms with Gasteiger partial charge in [0, 0.05) is 5.56 Å². The Labute approximate surface area is 190 Å². The van der Waals surface area contributed by atoms with Crippen LogP contribution in [0.4, 0.5) is 0 Å². The van der Waals surface area contributed by atoms with Crippen LogP contribution in [0, 0.1) is 0 Å². The molecule has 0 radical (unpaired) electrons. The first-order chi connectivity index (χ1) is 15.0. The van der Waals surface area contributed by atoms with Crippen LogP contribution in [0.2, 0.25) is 0 Å². The van der Waals surface area contributed by atoms with Gasteiger partial charge in [0.1, 0.15) is 11.5 Å². The Morgan fingerprint density at radius 2 is 1.77 bits per heavy atom. The van der Waals surface area contributed by atoms with E-state index in [0.717, 1.165) is 23.6 Å². The molecular formula is C24H25BrN2O4. The Bertz CT molecular complexity index is 1070. The first-order valence-electron chi connectivity index (χ1n) is 10.2. The second-order valence-corrected chi connectivity index (χ2v) is 7.91. The fraction of sp³-hybridized carbons (Fsp3) is 0.250. The zero-order chi connectivity index (χ0) is 22.2. The third kappa shape index (κ3) is 6.21. The average Bonchev–Trinajstić information content (AvgIpc) is 2.78. The van der Waals surface area contributed by atoms with Crippen LogP contribution in [-0.4, -0.2) is 24.5 Å². The number of hydrazine groups is 1. The van der Waals surface area contributed by atoms with Gasteiger partial charge in [-0.05, 0) is 70.4 Å². The molecule has 6 nitrogen and oxygen atoms in total. The van der Waals surface area contributed by atoms with E-state index in [1.807, 2.05) is 42.5 Å². The molecule has 3 rings (SSSR count). The van der Waals surface area contributed by atoms with Crippen LogP contribution in [0.1, 0.15) is 37.0 Å². The van der Waals surface area contributed by atoms with Crippen molar-refractivity contribution in [3.63, 3.8) is 0 Å². The number of ether oxygens (including phenoxy) is 2. The lowest BCUT2D eigenvalue weighted by molar-refractivity contribution is -0.128. The predicted molar refractivity (Wildman–Crippen MR) is 124 cm³/mol. The minimum absolute atomic E-state index is 0.387. The van der Waals surface area contributed by atoms with Crippen LogP contribution in [0.5, 0.6) is 11.5 Å². The van der Waals surface area contributed by atoms with E-state index in [1.165, 1.54) is 0 Å². The molecule has 0 aliphatic carbocycles. The van der Waals surface area contributed by atoms with Crippen molar-refractivity contribution in [2.45, 2.75) is 32.8 Å². The summed E-state index contributed by atoms with van der Waals surface area (Å²) in [4.78, 5) is 24.7. The molecule has 3 aromatic rings. The van der Waals surface area contributed by atoms with Crippen molar-refractivity contribution in [2.75, 3.05) is 6.61 Å². The van der Waals surface area contributed by atoms with Crippen molar-refractivity contribution in [2.24, 2.45) is 0 Å². The molecule has 1 atom stereocenters. The topological polar surface area (TPSA) is 76.7 Å². The fourth-order valence-electron chi connectivity index (χ4n) is 2.88. The van der Waals surface area contributed by atoms with E-state index < -0.39 is 17.9 Å². The summed E-state index contributed by atoms with van der Waals surface area (Å²) < 4.78 is 12.1. The minimum atomic E-state index is -0.789. The summed E-state index contributed by atoms with van der Waals surface area (Å²) in [5.74, 6) is 0.355. The van der Waals surface area contributed by atoms with Gasteiger partial charge in [0.15, 0.2) is 6.10 Å². The van der Waals surface area contributed by atoms with E-state index in [-0.39, 0.29) is 0 Å². The number of fused-ring (bicyclic) bond motifs is 1. The molecule has 2 N–H and O–H groups in total. The number of rotatable bonds is 8. The number of hydrogen-bond donors (Lipinski definition) is 2. The molecule has 0 saturated carbocycles. The maximum absolute atomic E-state index is 12.4. The highest BCUT2D eigenvalue weighted by Gasteiger charge is 2.17. The Balaban J connectivity index is 1.53. The summed E-state index contributed by atoms with van der Waals surface area (Å²) in [6.45, 7) is 4.33. The van der Waals surface area contributed by atoms with E-state index in [4.69, 9.17) is 9.47 Å². The van der Waals surface area contributed by atoms with Gasteiger partial charge in [0.05, 0.1) is 11.1 Å². The van der Waals surface area contributed by atoms with Crippen molar-refractivity contribution in [1.29, 1.82) is 0 Å². The van der Waals surface area contributed by atoms with Gasteiger partial charge >= 0.3 is 0 Å². The lowest BCUT2D eigenvalue weighted by Gasteiger charge is -2.16. The zero-order valence-corrected chi connectivity index (χ0v) is 19.1. The van der Waals surface area contributed by atoms with Crippen molar-refractivity contribution in [3.05, 3.63) is 70.7 Å². The van der Waals surface area contributed by atoms with E-state index in [9.17, 15) is 9.59 Å². The quantitative estimate of drug-likeness (QED) is 0.348. The van der Waals surface area contributed by atoms with Crippen LogP contribution in [0.25, 0.3) is 10.8 Å². The Morgan fingerprint density at radius 3 is 2.52 bits per heavy atom. The maximum Gasteiger partial charge on any atom is 0.279 e. The summed E-state index contributed by atoms with van der Waals surface area (Å²) in [5, 5.41) is 2.11. The second kappa shape index (κ2) is 10.8. The van der Waals surface area contributed by atoms with Gasteiger partial charge < -0.3 is 9.47 Å². The maximum atomic E-state index is 12.4. The molecule has 3 aromatic carbocycles. The molecule has 2 amide bonds. The highest BCUT2D eigenvalue weighted by atomic mass is 79.9. The number of benzene rings is 3. The monoisotopic (exact) mass is 484 g/mol. The van der Waals surface area contributed by atoms with Gasteiger partial charge in [-0.25, -0.2) is 0 Å². The van der Waals surface area contributed by atoms with E-state index in [2.05, 4.69) is 33.7 Å². The first kappa shape index (κ1) is 22.6. The van der Waals surface area contributed by atoms with Gasteiger partial charge in [-0.2, -0.15) is 0 Å². The molecule has 0 saturated heterocycles. The van der Waals surface area contributed by atoms with Gasteiger partial charge in [0.25, 0.3) is 11.8 Å². The van der Waals surface area contributed by atoms with Crippen LogP contribution < -0.4 is 20.3 Å². The van der Waals surface area contributed by atoms with E-state index >= 15 is 0 Å². The molecule has 0 fully saturated rings. The third-order valence-corrected chi connectivity index (χ3v) is 5.27. The second-order valence-electron chi connectivity index (χ2n) is 7.06. The number of amides is 2. The molecule has 0 bridgehead atoms. The summed E-state index contributed by atoms with van der Waals surface area (Å²) >= 11 is 3.41. The van der Waals surface area contributed by atoms with Crippen LogP contribution in [0.3, 0.4) is 0 Å². The van der Waals surface area contributed by atoms with Crippen molar-refractivity contribution in [3.8, 4) is 11.5 Å². The van der Waals surface area contributed by atoms with Crippen LogP contribution >= 0.6 is 15.9 Å². The molecule has 0 aromatic heterocycles. The lowest BCUT2D eigenvalue weighted by Crippen LogP contribution is -2.47. The largest absolute Gasteiger partial charge is 0.492 e. The van der Waals surface area contributed by atoms with E-state index in [0.29, 0.717) is 28.1 Å². The molecule has 31 heavy (non-hydrogen) atoms. The van der Waals surface area contributed by atoms with Crippen molar-refractivity contribution in [1.82, 2.24) is 10.9 Å². The molecular weight excluding hydrogens is 460 g/mol. The SMILES string of the molecule is CCCCOc1ccc(C(=O)NNC(=O)C(C)Oc2ccc3ccccc3c2)cc1Br. The smallest absolute Gasteiger partial charge is 0.279 e. The Hall–Kier alpha value is -3.06. The normalized spacial score (nSPS) is 11.6. The summed E-state index contributed by atoms with van der Waals surface area (Å²) in [6.07, 6.45) is 1.21. The van der Waals surface area contributed by atoms with E-state index in [1.54, 1.807) is 25.1 Å². The predicted octanol–water partition coefficient (Wildman–Crippen LogP) is 5.01. The van der Waals surface area contributed by atoms with Crippen molar-refractivity contribution < 1.29 is 19.1 Å². The zero-order valence-electron chi connectivity index (χ0n) is 17.5. The van der Waals surface area contributed by atoms with Gasteiger partial charge in [0.2, 0.25) is 0 Å².